The third kappa shape index (κ3) is 3.07. The van der Waals surface area contributed by atoms with Gasteiger partial charge < -0.3 is 9.64 Å². The first-order valence-corrected chi connectivity index (χ1v) is 5.17. The molecule has 0 amide bonds. The van der Waals surface area contributed by atoms with Crippen molar-refractivity contribution in [3.05, 3.63) is 46.2 Å². The summed E-state index contributed by atoms with van der Waals surface area (Å²) in [4.78, 5) is 23.8. The van der Waals surface area contributed by atoms with Crippen LogP contribution in [0.1, 0.15) is 10.4 Å². The van der Waals surface area contributed by atoms with Crippen molar-refractivity contribution in [2.75, 3.05) is 21.2 Å². The molecule has 1 rings (SSSR count). The third-order valence-corrected chi connectivity index (χ3v) is 2.18. The second kappa shape index (κ2) is 5.81. The molecule has 0 N–H and O–H groups in total. The van der Waals surface area contributed by atoms with E-state index in [-0.39, 0.29) is 22.8 Å². The summed E-state index contributed by atoms with van der Waals surface area (Å²) in [5, 5.41) is 10.8. The number of carbonyl (C=O) groups is 1. The first-order valence-electron chi connectivity index (χ1n) is 5.17. The van der Waals surface area contributed by atoms with Gasteiger partial charge in [0.05, 0.1) is 17.6 Å². The number of hydrogen-bond donors (Lipinski definition) is 0. The van der Waals surface area contributed by atoms with Crippen LogP contribution in [-0.4, -0.2) is 36.8 Å². The number of rotatable bonds is 5. The van der Waals surface area contributed by atoms with E-state index in [9.17, 15) is 14.9 Å². The standard InChI is InChI=1S/C12H14N2O4/c1-13(2)8-7-11(15)9-5-4-6-10(14(16)17)12(9)18-3/h4-8H,1-3H3. The van der Waals surface area contributed by atoms with Crippen molar-refractivity contribution in [3.8, 4) is 5.75 Å². The SMILES string of the molecule is COc1c(C(=O)C=CN(C)C)cccc1[N+](=O)[O-]. The van der Waals surface area contributed by atoms with Crippen LogP contribution in [0.5, 0.6) is 5.75 Å². The highest BCUT2D eigenvalue weighted by molar-refractivity contribution is 6.07. The van der Waals surface area contributed by atoms with E-state index in [1.54, 1.807) is 25.2 Å². The van der Waals surface area contributed by atoms with Gasteiger partial charge in [0.2, 0.25) is 5.75 Å². The Morgan fingerprint density at radius 1 is 1.44 bits per heavy atom. The first-order chi connectivity index (χ1) is 8.47. The summed E-state index contributed by atoms with van der Waals surface area (Å²) in [6, 6.07) is 4.25. The van der Waals surface area contributed by atoms with Crippen LogP contribution < -0.4 is 4.74 Å². The maximum absolute atomic E-state index is 11.9. The molecule has 0 aromatic heterocycles. The van der Waals surface area contributed by atoms with E-state index in [1.165, 1.54) is 31.4 Å². The summed E-state index contributed by atoms with van der Waals surface area (Å²) in [5.74, 6) is -0.361. The molecule has 0 radical (unpaired) electrons. The number of hydrogen-bond acceptors (Lipinski definition) is 5. The fourth-order valence-corrected chi connectivity index (χ4v) is 1.38. The molecule has 0 saturated heterocycles. The molecule has 0 aliphatic carbocycles. The van der Waals surface area contributed by atoms with Crippen molar-refractivity contribution < 1.29 is 14.5 Å². The second-order valence-electron chi connectivity index (χ2n) is 3.76. The Hall–Kier alpha value is -2.37. The van der Waals surface area contributed by atoms with E-state index >= 15 is 0 Å². The Morgan fingerprint density at radius 2 is 2.11 bits per heavy atom. The number of carbonyl (C=O) groups excluding carboxylic acids is 1. The molecule has 0 aliphatic rings. The minimum absolute atomic E-state index is 0.0177. The quantitative estimate of drug-likeness (QED) is 0.345. The van der Waals surface area contributed by atoms with Crippen molar-refractivity contribution >= 4 is 11.5 Å². The minimum atomic E-state index is -0.578. The van der Waals surface area contributed by atoms with Gasteiger partial charge in [-0.15, -0.1) is 0 Å². The van der Waals surface area contributed by atoms with E-state index in [0.717, 1.165) is 0 Å². The van der Waals surface area contributed by atoms with Crippen LogP contribution in [0.2, 0.25) is 0 Å². The molecule has 6 nitrogen and oxygen atoms in total. The molecule has 1 aromatic rings. The molecule has 0 unspecified atom stereocenters. The van der Waals surface area contributed by atoms with Gasteiger partial charge in [-0.05, 0) is 6.07 Å². The highest BCUT2D eigenvalue weighted by Gasteiger charge is 2.21. The van der Waals surface area contributed by atoms with Crippen LogP contribution in [0.25, 0.3) is 0 Å². The summed E-state index contributed by atoms with van der Waals surface area (Å²) in [6.45, 7) is 0. The molecule has 0 aliphatic heterocycles. The zero-order valence-corrected chi connectivity index (χ0v) is 10.4. The predicted molar refractivity (Wildman–Crippen MR) is 66.8 cm³/mol. The third-order valence-electron chi connectivity index (χ3n) is 2.18. The van der Waals surface area contributed by atoms with Crippen molar-refractivity contribution in [3.63, 3.8) is 0 Å². The molecular formula is C12H14N2O4. The van der Waals surface area contributed by atoms with Crippen molar-refractivity contribution in [2.45, 2.75) is 0 Å². The van der Waals surface area contributed by atoms with Gasteiger partial charge in [-0.25, -0.2) is 0 Å². The Morgan fingerprint density at radius 3 is 2.61 bits per heavy atom. The van der Waals surface area contributed by atoms with E-state index in [0.29, 0.717) is 0 Å². The van der Waals surface area contributed by atoms with Crippen LogP contribution >= 0.6 is 0 Å². The van der Waals surface area contributed by atoms with Crippen molar-refractivity contribution in [1.29, 1.82) is 0 Å². The van der Waals surface area contributed by atoms with Gasteiger partial charge in [-0.2, -0.15) is 0 Å². The second-order valence-corrected chi connectivity index (χ2v) is 3.76. The lowest BCUT2D eigenvalue weighted by molar-refractivity contribution is -0.385. The summed E-state index contributed by atoms with van der Waals surface area (Å²) < 4.78 is 4.96. The van der Waals surface area contributed by atoms with Gasteiger partial charge in [-0.1, -0.05) is 6.07 Å². The van der Waals surface area contributed by atoms with E-state index in [4.69, 9.17) is 4.74 Å². The number of nitro groups is 1. The Bertz CT molecular complexity index is 495. The molecule has 0 heterocycles. The van der Waals surface area contributed by atoms with Crippen LogP contribution in [0.4, 0.5) is 5.69 Å². The maximum Gasteiger partial charge on any atom is 0.311 e. The Kier molecular flexibility index (Phi) is 4.42. The molecule has 18 heavy (non-hydrogen) atoms. The number of ether oxygens (including phenoxy) is 1. The van der Waals surface area contributed by atoms with Gasteiger partial charge in [-0.3, -0.25) is 14.9 Å². The van der Waals surface area contributed by atoms with Gasteiger partial charge in [0.1, 0.15) is 0 Å². The zero-order chi connectivity index (χ0) is 13.7. The number of nitrogens with zero attached hydrogens (tertiary/aromatic N) is 2. The number of para-hydroxylation sites is 1. The average molecular weight is 250 g/mol. The lowest BCUT2D eigenvalue weighted by Crippen LogP contribution is -2.05. The molecule has 0 fully saturated rings. The van der Waals surface area contributed by atoms with Crippen LogP contribution in [-0.2, 0) is 0 Å². The summed E-state index contributed by atoms with van der Waals surface area (Å²) in [6.07, 6.45) is 2.90. The minimum Gasteiger partial charge on any atom is -0.490 e. The van der Waals surface area contributed by atoms with E-state index in [2.05, 4.69) is 0 Å². The van der Waals surface area contributed by atoms with Crippen LogP contribution in [0, 0.1) is 10.1 Å². The van der Waals surface area contributed by atoms with Crippen LogP contribution in [0.3, 0.4) is 0 Å². The molecule has 96 valence electrons. The molecule has 0 atom stereocenters. The van der Waals surface area contributed by atoms with Crippen molar-refractivity contribution in [1.82, 2.24) is 4.90 Å². The van der Waals surface area contributed by atoms with Crippen molar-refractivity contribution in [2.24, 2.45) is 0 Å². The normalized spacial score (nSPS) is 10.4. The Balaban J connectivity index is 3.20. The highest BCUT2D eigenvalue weighted by atomic mass is 16.6. The molecular weight excluding hydrogens is 236 g/mol. The molecule has 0 spiro atoms. The topological polar surface area (TPSA) is 72.7 Å². The van der Waals surface area contributed by atoms with Gasteiger partial charge in [0.15, 0.2) is 5.78 Å². The molecule has 0 saturated carbocycles. The van der Waals surface area contributed by atoms with Gasteiger partial charge in [0.25, 0.3) is 0 Å². The number of methoxy groups -OCH3 is 1. The van der Waals surface area contributed by atoms with Crippen LogP contribution in [0.15, 0.2) is 30.5 Å². The lowest BCUT2D eigenvalue weighted by Gasteiger charge is -2.07. The largest absolute Gasteiger partial charge is 0.490 e. The maximum atomic E-state index is 11.9. The average Bonchev–Trinajstić information content (AvgIpc) is 2.34. The van der Waals surface area contributed by atoms with E-state index < -0.39 is 4.92 Å². The Labute approximate surface area is 105 Å². The van der Waals surface area contributed by atoms with Gasteiger partial charge >= 0.3 is 5.69 Å². The molecule has 6 heteroatoms. The lowest BCUT2D eigenvalue weighted by atomic mass is 10.1. The fourth-order valence-electron chi connectivity index (χ4n) is 1.38. The van der Waals surface area contributed by atoms with Gasteiger partial charge in [0, 0.05) is 32.4 Å². The summed E-state index contributed by atoms with van der Waals surface area (Å²) in [5.41, 5.74) is -0.0496. The number of benzene rings is 1. The smallest absolute Gasteiger partial charge is 0.311 e. The monoisotopic (exact) mass is 250 g/mol. The predicted octanol–water partition coefficient (Wildman–Crippen LogP) is 1.86. The number of allylic oxidation sites excluding steroid dienone is 1. The fraction of sp³-hybridized carbons (Fsp3) is 0.250. The molecule has 0 bridgehead atoms. The summed E-state index contributed by atoms with van der Waals surface area (Å²) >= 11 is 0. The zero-order valence-electron chi connectivity index (χ0n) is 10.4. The van der Waals surface area contributed by atoms with E-state index in [1.807, 2.05) is 0 Å². The number of ketones is 1. The summed E-state index contributed by atoms with van der Waals surface area (Å²) in [7, 11) is 4.84. The highest BCUT2D eigenvalue weighted by Crippen LogP contribution is 2.30. The first kappa shape index (κ1) is 13.7. The number of nitro benzene ring substituents is 1. The molecule has 1 aromatic carbocycles.